The highest BCUT2D eigenvalue weighted by Crippen LogP contribution is 2.32. The summed E-state index contributed by atoms with van der Waals surface area (Å²) < 4.78 is 16.7. The van der Waals surface area contributed by atoms with Crippen molar-refractivity contribution >= 4 is 34.9 Å². The zero-order valence-corrected chi connectivity index (χ0v) is 21.5. The number of aliphatic imine (C=N–C) groups is 1. The minimum absolute atomic E-state index is 0.0680. The van der Waals surface area contributed by atoms with E-state index in [2.05, 4.69) is 4.99 Å². The van der Waals surface area contributed by atoms with Gasteiger partial charge in [-0.05, 0) is 55.7 Å². The summed E-state index contributed by atoms with van der Waals surface area (Å²) >= 11 is 12.1. The number of esters is 1. The molecular weight excluding hydrogens is 525 g/mol. The predicted octanol–water partition coefficient (Wildman–Crippen LogP) is 4.07. The number of benzene rings is 2. The summed E-state index contributed by atoms with van der Waals surface area (Å²) in [6.07, 6.45) is -1.31. The molecule has 3 rings (SSSR count). The van der Waals surface area contributed by atoms with E-state index in [-0.39, 0.29) is 28.7 Å². The van der Waals surface area contributed by atoms with E-state index < -0.39 is 35.2 Å². The highest BCUT2D eigenvalue weighted by molar-refractivity contribution is 6.32. The molecule has 37 heavy (non-hydrogen) atoms. The van der Waals surface area contributed by atoms with Gasteiger partial charge in [-0.25, -0.2) is 15.8 Å². The van der Waals surface area contributed by atoms with E-state index >= 15 is 0 Å². The number of hydrazine groups is 1. The Morgan fingerprint density at radius 2 is 2.08 bits per heavy atom. The first-order valence-corrected chi connectivity index (χ1v) is 11.9. The zero-order chi connectivity index (χ0) is 27.1. The van der Waals surface area contributed by atoms with Crippen molar-refractivity contribution in [3.05, 3.63) is 79.8 Å². The largest absolute Gasteiger partial charge is 0.466 e. The monoisotopic (exact) mass is 547 g/mol. The molecular formula is C24H23Cl2N5O6. The molecule has 0 bridgehead atoms. The van der Waals surface area contributed by atoms with Crippen molar-refractivity contribution in [1.29, 1.82) is 5.26 Å². The van der Waals surface area contributed by atoms with Gasteiger partial charge < -0.3 is 14.2 Å². The Bertz CT molecular complexity index is 1310. The molecule has 0 amide bonds. The Morgan fingerprint density at radius 1 is 1.32 bits per heavy atom. The van der Waals surface area contributed by atoms with Gasteiger partial charge in [0.05, 0.1) is 34.6 Å². The zero-order valence-electron chi connectivity index (χ0n) is 19.9. The molecule has 1 aliphatic rings. The Labute approximate surface area is 222 Å². The van der Waals surface area contributed by atoms with Crippen LogP contribution in [-0.4, -0.2) is 40.5 Å². The summed E-state index contributed by atoms with van der Waals surface area (Å²) in [6.45, 7) is 3.54. The van der Waals surface area contributed by atoms with Crippen LogP contribution in [0.5, 0.6) is 11.5 Å². The lowest BCUT2D eigenvalue weighted by Crippen LogP contribution is -2.49. The van der Waals surface area contributed by atoms with Gasteiger partial charge in [0.25, 0.3) is 12.2 Å². The van der Waals surface area contributed by atoms with Crippen molar-refractivity contribution in [3.63, 3.8) is 0 Å². The number of nitrogens with two attached hydrogens (primary N) is 1. The van der Waals surface area contributed by atoms with Crippen LogP contribution < -0.4 is 15.3 Å². The van der Waals surface area contributed by atoms with Crippen molar-refractivity contribution < 1.29 is 23.9 Å². The van der Waals surface area contributed by atoms with Crippen LogP contribution in [-0.2, 0) is 16.0 Å². The number of aryl methyl sites for hydroxylation is 2. The fourth-order valence-corrected chi connectivity index (χ4v) is 3.85. The van der Waals surface area contributed by atoms with E-state index in [1.165, 1.54) is 18.2 Å². The fraction of sp³-hybridized carbons (Fsp3) is 0.292. The van der Waals surface area contributed by atoms with E-state index in [0.29, 0.717) is 18.1 Å². The molecule has 194 valence electrons. The Balaban J connectivity index is 2.09. The van der Waals surface area contributed by atoms with Gasteiger partial charge >= 0.3 is 11.7 Å². The lowest BCUT2D eigenvalue weighted by atomic mass is 10.1. The van der Waals surface area contributed by atoms with Gasteiger partial charge in [-0.1, -0.05) is 17.7 Å². The first-order valence-electron chi connectivity index (χ1n) is 11.0. The maximum Gasteiger partial charge on any atom is 0.352 e. The highest BCUT2D eigenvalue weighted by atomic mass is 35.5. The third-order valence-electron chi connectivity index (χ3n) is 5.02. The van der Waals surface area contributed by atoms with Crippen molar-refractivity contribution in [1.82, 2.24) is 5.01 Å². The van der Waals surface area contributed by atoms with Gasteiger partial charge in [0.15, 0.2) is 0 Å². The van der Waals surface area contributed by atoms with Crippen molar-refractivity contribution in [2.75, 3.05) is 12.5 Å². The van der Waals surface area contributed by atoms with Crippen molar-refractivity contribution in [2.45, 2.75) is 33.0 Å². The second kappa shape index (κ2) is 12.4. The quantitative estimate of drug-likeness (QED) is 0.152. The average molecular weight is 548 g/mol. The third kappa shape index (κ3) is 6.89. The summed E-state index contributed by atoms with van der Waals surface area (Å²) in [5, 5.41) is 22.2. The topological polar surface area (TPSA) is 153 Å². The molecule has 2 aromatic carbocycles. The smallest absolute Gasteiger partial charge is 0.352 e. The average Bonchev–Trinajstić information content (AvgIpc) is 2.83. The first kappa shape index (κ1) is 27.7. The molecule has 13 heteroatoms. The van der Waals surface area contributed by atoms with Gasteiger partial charge in [-0.15, -0.1) is 11.6 Å². The Morgan fingerprint density at radius 3 is 2.73 bits per heavy atom. The third-order valence-corrected chi connectivity index (χ3v) is 5.52. The maximum absolute atomic E-state index is 12.2. The van der Waals surface area contributed by atoms with Gasteiger partial charge in [0.2, 0.25) is 0 Å². The minimum Gasteiger partial charge on any atom is -0.466 e. The number of nitrogens with zero attached hydrogens (tertiary/aromatic N) is 4. The molecule has 1 unspecified atom stereocenters. The van der Waals surface area contributed by atoms with Crippen LogP contribution in [0.1, 0.15) is 30.0 Å². The normalized spacial score (nSPS) is 15.1. The highest BCUT2D eigenvalue weighted by Gasteiger charge is 2.40. The van der Waals surface area contributed by atoms with Crippen LogP contribution in [0.25, 0.3) is 0 Å². The molecule has 2 N–H and O–H groups in total. The van der Waals surface area contributed by atoms with Gasteiger partial charge in [-0.2, -0.15) is 5.26 Å². The molecule has 0 aliphatic carbocycles. The van der Waals surface area contributed by atoms with Crippen LogP contribution in [0.3, 0.4) is 0 Å². The van der Waals surface area contributed by atoms with Crippen molar-refractivity contribution in [3.8, 4) is 17.6 Å². The van der Waals surface area contributed by atoms with Crippen molar-refractivity contribution in [2.24, 2.45) is 10.8 Å². The number of allylic oxidation sites excluding steroid dienone is 1. The van der Waals surface area contributed by atoms with Gasteiger partial charge in [0, 0.05) is 11.9 Å². The van der Waals surface area contributed by atoms with Crippen LogP contribution in [0.4, 0.5) is 0 Å². The van der Waals surface area contributed by atoms with E-state index in [1.54, 1.807) is 19.1 Å². The molecule has 1 heterocycles. The standard InChI is InChI=1S/C24H23Cl2N5O6/c1-3-35-21(32)12-19-22(31(33)34)23(37-20-11-16(13-27)4-5-18(20)26)30(28)24(29-19)36-17-9-14(2)8-15(10-17)6-7-25/h4-5,8-11,24H,3,6-7,12,28H2,1-2H3. The molecule has 0 saturated carbocycles. The Hall–Kier alpha value is -3.85. The number of rotatable bonds is 10. The molecule has 1 aliphatic heterocycles. The van der Waals surface area contributed by atoms with E-state index in [4.69, 9.17) is 43.3 Å². The molecule has 2 aromatic rings. The Kier molecular flexibility index (Phi) is 9.30. The number of nitriles is 1. The summed E-state index contributed by atoms with van der Waals surface area (Å²) in [5.74, 6) is 5.69. The van der Waals surface area contributed by atoms with Crippen LogP contribution in [0.2, 0.25) is 5.02 Å². The van der Waals surface area contributed by atoms with E-state index in [0.717, 1.165) is 16.1 Å². The number of hydrogen-bond donors (Lipinski definition) is 1. The van der Waals surface area contributed by atoms with Crippen LogP contribution in [0, 0.1) is 28.4 Å². The van der Waals surface area contributed by atoms with E-state index in [9.17, 15) is 20.2 Å². The molecule has 0 fully saturated rings. The number of alkyl halides is 1. The first-order chi connectivity index (χ1) is 17.7. The summed E-state index contributed by atoms with van der Waals surface area (Å²) in [7, 11) is 0. The fourth-order valence-electron chi connectivity index (χ4n) is 3.47. The molecule has 1 atom stereocenters. The summed E-state index contributed by atoms with van der Waals surface area (Å²) in [4.78, 5) is 27.8. The molecule has 0 aromatic heterocycles. The lowest BCUT2D eigenvalue weighted by molar-refractivity contribution is -0.420. The summed E-state index contributed by atoms with van der Waals surface area (Å²) in [6, 6.07) is 11.5. The van der Waals surface area contributed by atoms with Crippen LogP contribution >= 0.6 is 23.2 Å². The number of carbonyl (C=O) groups is 1. The predicted molar refractivity (Wildman–Crippen MR) is 136 cm³/mol. The molecule has 0 saturated heterocycles. The van der Waals surface area contributed by atoms with Gasteiger partial charge in [0.1, 0.15) is 17.2 Å². The SMILES string of the molecule is CCOC(=O)CC1=NC(Oc2cc(C)cc(CCCl)c2)N(N)C(Oc2cc(C#N)ccc2Cl)=C1[N+](=O)[O-]. The second-order valence-electron chi connectivity index (χ2n) is 7.77. The number of carbonyl (C=O) groups excluding carboxylic acids is 1. The number of nitro groups is 1. The maximum atomic E-state index is 12.2. The molecule has 11 nitrogen and oxygen atoms in total. The summed E-state index contributed by atoms with van der Waals surface area (Å²) in [5.41, 5.74) is 1.03. The number of ether oxygens (including phenoxy) is 3. The lowest BCUT2D eigenvalue weighted by Gasteiger charge is -2.31. The van der Waals surface area contributed by atoms with Crippen LogP contribution in [0.15, 0.2) is 53.0 Å². The minimum atomic E-state index is -1.35. The number of halogens is 2. The van der Waals surface area contributed by atoms with Gasteiger partial charge in [-0.3, -0.25) is 14.9 Å². The number of hydrogen-bond acceptors (Lipinski definition) is 10. The molecule has 0 spiro atoms. The van der Waals surface area contributed by atoms with E-state index in [1.807, 2.05) is 19.1 Å². The second-order valence-corrected chi connectivity index (χ2v) is 8.56. The molecule has 0 radical (unpaired) electrons.